The van der Waals surface area contributed by atoms with Crippen LogP contribution < -0.4 is 0 Å². The van der Waals surface area contributed by atoms with Crippen molar-refractivity contribution < 1.29 is 38.9 Å². The molecule has 0 spiro atoms. The number of carbonyl (C=O) groups is 4. The molecule has 0 aliphatic rings. The lowest BCUT2D eigenvalue weighted by Gasteiger charge is -2.39. The molecule has 0 fully saturated rings. The van der Waals surface area contributed by atoms with Crippen molar-refractivity contribution in [2.24, 2.45) is 5.92 Å². The molecule has 0 aromatic heterocycles. The third-order valence-corrected chi connectivity index (χ3v) is 5.15. The van der Waals surface area contributed by atoms with Crippen LogP contribution in [-0.2, 0) is 28.7 Å². The number of rotatable bonds is 13. The van der Waals surface area contributed by atoms with Crippen LogP contribution in [0.4, 0.5) is 0 Å². The van der Waals surface area contributed by atoms with Gasteiger partial charge in [-0.2, -0.15) is 0 Å². The van der Waals surface area contributed by atoms with Crippen LogP contribution in [-0.4, -0.2) is 45.3 Å². The van der Waals surface area contributed by atoms with Crippen LogP contribution in [0.3, 0.4) is 0 Å². The topological polar surface area (TPSA) is 127 Å². The predicted octanol–water partition coefficient (Wildman–Crippen LogP) is 2.99. The van der Waals surface area contributed by atoms with E-state index in [1.807, 2.05) is 20.8 Å². The Morgan fingerprint density at radius 1 is 1.00 bits per heavy atom. The lowest BCUT2D eigenvalue weighted by atomic mass is 9.78. The van der Waals surface area contributed by atoms with E-state index in [9.17, 15) is 24.3 Å². The van der Waals surface area contributed by atoms with Gasteiger partial charge in [-0.15, -0.1) is 0 Å². The molecule has 0 heterocycles. The number of carboxylic acids is 1. The Morgan fingerprint density at radius 3 is 1.96 bits per heavy atom. The van der Waals surface area contributed by atoms with Crippen molar-refractivity contribution in [2.45, 2.75) is 97.2 Å². The maximum Gasteiger partial charge on any atom is 0.346 e. The van der Waals surface area contributed by atoms with E-state index >= 15 is 0 Å². The van der Waals surface area contributed by atoms with Crippen molar-refractivity contribution in [2.75, 3.05) is 0 Å². The van der Waals surface area contributed by atoms with E-state index in [0.717, 1.165) is 32.6 Å². The van der Waals surface area contributed by atoms with E-state index in [-0.39, 0.29) is 5.92 Å². The standard InChI is InChI=1S/C20H34O8/c1-6-10-11-15(7-2)20(8-3,9-4)28-17(24)13-19(26,12-16(22)23)18(25)27-14(5)21/h15,26H,6-13H2,1-5H3,(H,22,23)/t15-,19+/m1/s1. The number of carboxylic acid groups (broad SMARTS) is 1. The molecule has 0 aromatic rings. The normalized spacial score (nSPS) is 14.6. The zero-order valence-corrected chi connectivity index (χ0v) is 17.6. The van der Waals surface area contributed by atoms with Gasteiger partial charge in [-0.1, -0.05) is 40.5 Å². The van der Waals surface area contributed by atoms with Gasteiger partial charge in [0.15, 0.2) is 5.60 Å². The molecular formula is C20H34O8. The van der Waals surface area contributed by atoms with E-state index in [1.165, 1.54) is 0 Å². The lowest BCUT2D eigenvalue weighted by Crippen LogP contribution is -2.48. The van der Waals surface area contributed by atoms with Gasteiger partial charge < -0.3 is 19.7 Å². The highest BCUT2D eigenvalue weighted by atomic mass is 16.6. The Balaban J connectivity index is 5.54. The summed E-state index contributed by atoms with van der Waals surface area (Å²) in [5.41, 5.74) is -3.44. The van der Waals surface area contributed by atoms with Crippen LogP contribution in [0.25, 0.3) is 0 Å². The highest BCUT2D eigenvalue weighted by molar-refractivity contribution is 5.94. The van der Waals surface area contributed by atoms with Crippen molar-refractivity contribution in [3.63, 3.8) is 0 Å². The molecular weight excluding hydrogens is 368 g/mol. The molecule has 2 N–H and O–H groups in total. The molecule has 0 aliphatic carbocycles. The third-order valence-electron chi connectivity index (χ3n) is 5.15. The van der Waals surface area contributed by atoms with Crippen LogP contribution >= 0.6 is 0 Å². The molecule has 8 nitrogen and oxygen atoms in total. The molecule has 28 heavy (non-hydrogen) atoms. The second-order valence-corrected chi connectivity index (χ2v) is 7.15. The van der Waals surface area contributed by atoms with Gasteiger partial charge >= 0.3 is 23.9 Å². The summed E-state index contributed by atoms with van der Waals surface area (Å²) in [6.07, 6.45) is 2.76. The van der Waals surface area contributed by atoms with Crippen LogP contribution in [0.15, 0.2) is 0 Å². The number of hydrogen-bond acceptors (Lipinski definition) is 7. The van der Waals surface area contributed by atoms with Crippen molar-refractivity contribution in [1.29, 1.82) is 0 Å². The highest BCUT2D eigenvalue weighted by Crippen LogP contribution is 2.36. The largest absolute Gasteiger partial charge is 0.481 e. The van der Waals surface area contributed by atoms with Crippen LogP contribution in [0.1, 0.15) is 86.0 Å². The molecule has 0 radical (unpaired) electrons. The Bertz CT molecular complexity index is 552. The van der Waals surface area contributed by atoms with Gasteiger partial charge in [0.25, 0.3) is 0 Å². The number of aliphatic carboxylic acids is 1. The molecule has 0 aliphatic heterocycles. The second kappa shape index (κ2) is 11.8. The smallest absolute Gasteiger partial charge is 0.346 e. The van der Waals surface area contributed by atoms with Crippen LogP contribution in [0.2, 0.25) is 0 Å². The number of ether oxygens (including phenoxy) is 2. The summed E-state index contributed by atoms with van der Waals surface area (Å²) < 4.78 is 10.1. The lowest BCUT2D eigenvalue weighted by molar-refractivity contribution is -0.187. The predicted molar refractivity (Wildman–Crippen MR) is 101 cm³/mol. The molecule has 0 saturated carbocycles. The molecule has 8 heteroatoms. The molecule has 2 atom stereocenters. The summed E-state index contributed by atoms with van der Waals surface area (Å²) in [5, 5.41) is 19.4. The quantitative estimate of drug-likeness (QED) is 0.355. The molecule has 0 rings (SSSR count). The summed E-state index contributed by atoms with van der Waals surface area (Å²) in [7, 11) is 0. The number of esters is 3. The molecule has 0 bridgehead atoms. The van der Waals surface area contributed by atoms with Crippen molar-refractivity contribution in [3.8, 4) is 0 Å². The number of unbranched alkanes of at least 4 members (excludes halogenated alkanes) is 1. The first-order chi connectivity index (χ1) is 13.0. The van der Waals surface area contributed by atoms with Gasteiger partial charge in [-0.3, -0.25) is 14.4 Å². The van der Waals surface area contributed by atoms with Gasteiger partial charge in [0, 0.05) is 6.92 Å². The second-order valence-electron chi connectivity index (χ2n) is 7.15. The van der Waals surface area contributed by atoms with Crippen LogP contribution in [0, 0.1) is 5.92 Å². The minimum absolute atomic E-state index is 0.100. The average molecular weight is 402 g/mol. The van der Waals surface area contributed by atoms with E-state index in [0.29, 0.717) is 12.8 Å². The Hall–Kier alpha value is -1.96. The molecule has 0 unspecified atom stereocenters. The van der Waals surface area contributed by atoms with Gasteiger partial charge in [-0.05, 0) is 31.6 Å². The van der Waals surface area contributed by atoms with Crippen molar-refractivity contribution in [3.05, 3.63) is 0 Å². The summed E-state index contributed by atoms with van der Waals surface area (Å²) in [6, 6.07) is 0. The fraction of sp³-hybridized carbons (Fsp3) is 0.800. The number of carbonyl (C=O) groups excluding carboxylic acids is 3. The van der Waals surface area contributed by atoms with Crippen LogP contribution in [0.5, 0.6) is 0 Å². The highest BCUT2D eigenvalue weighted by Gasteiger charge is 2.46. The number of aliphatic hydroxyl groups is 1. The maximum absolute atomic E-state index is 12.6. The molecule has 0 amide bonds. The van der Waals surface area contributed by atoms with Gasteiger partial charge in [0.05, 0.1) is 12.8 Å². The Morgan fingerprint density at radius 2 is 1.57 bits per heavy atom. The molecule has 162 valence electrons. The SMILES string of the molecule is CCCC[C@@H](CC)C(CC)(CC)OC(=O)C[C@@](O)(CC(=O)O)C(=O)OC(C)=O. The van der Waals surface area contributed by atoms with Gasteiger partial charge in [-0.25, -0.2) is 4.79 Å². The fourth-order valence-electron chi connectivity index (χ4n) is 3.53. The van der Waals surface area contributed by atoms with E-state index in [2.05, 4.69) is 11.7 Å². The van der Waals surface area contributed by atoms with Crippen molar-refractivity contribution >= 4 is 23.9 Å². The summed E-state index contributed by atoms with van der Waals surface area (Å²) >= 11 is 0. The summed E-state index contributed by atoms with van der Waals surface area (Å²) in [6.45, 7) is 8.83. The van der Waals surface area contributed by atoms with E-state index in [1.54, 1.807) is 0 Å². The zero-order chi connectivity index (χ0) is 22.0. The molecule has 0 aromatic carbocycles. The fourth-order valence-corrected chi connectivity index (χ4v) is 3.53. The maximum atomic E-state index is 12.6. The first-order valence-corrected chi connectivity index (χ1v) is 9.89. The summed E-state index contributed by atoms with van der Waals surface area (Å²) in [4.78, 5) is 46.7. The van der Waals surface area contributed by atoms with E-state index < -0.39 is 47.9 Å². The molecule has 0 saturated heterocycles. The van der Waals surface area contributed by atoms with Gasteiger partial charge in [0.1, 0.15) is 5.60 Å². The number of hydrogen-bond donors (Lipinski definition) is 2. The minimum Gasteiger partial charge on any atom is -0.481 e. The Kier molecular flexibility index (Phi) is 11.0. The van der Waals surface area contributed by atoms with E-state index in [4.69, 9.17) is 9.84 Å². The summed E-state index contributed by atoms with van der Waals surface area (Å²) in [5.74, 6) is -4.80. The minimum atomic E-state index is -2.67. The monoisotopic (exact) mass is 402 g/mol. The average Bonchev–Trinajstić information content (AvgIpc) is 2.59. The van der Waals surface area contributed by atoms with Crippen molar-refractivity contribution in [1.82, 2.24) is 0 Å². The van der Waals surface area contributed by atoms with Gasteiger partial charge in [0.2, 0.25) is 0 Å². The third kappa shape index (κ3) is 7.58. The first kappa shape index (κ1) is 26.0. The first-order valence-electron chi connectivity index (χ1n) is 9.89. The Labute approximate surface area is 166 Å². The zero-order valence-electron chi connectivity index (χ0n) is 17.6.